The van der Waals surface area contributed by atoms with E-state index in [1.165, 1.54) is 19.2 Å². The summed E-state index contributed by atoms with van der Waals surface area (Å²) in [5.74, 6) is -0.826. The van der Waals surface area contributed by atoms with Crippen molar-refractivity contribution in [2.45, 2.75) is 12.4 Å². The van der Waals surface area contributed by atoms with Crippen LogP contribution in [0, 0.1) is 0 Å². The number of carbonyl (C=O) groups is 1. The fraction of sp³-hybridized carbons (Fsp3) is 0.417. The number of nitrogens with zero attached hydrogens (tertiary/aromatic N) is 1. The number of likely N-dealkylation sites (N-methyl/N-ethyl adjacent to an activating group) is 1. The number of hydrogen-bond acceptors (Lipinski definition) is 4. The van der Waals surface area contributed by atoms with Crippen LogP contribution in [0.5, 0.6) is 5.75 Å². The average Bonchev–Trinajstić information content (AvgIpc) is 2.29. The molecule has 0 aliphatic rings. The van der Waals surface area contributed by atoms with Gasteiger partial charge >= 0.3 is 12.3 Å². The van der Waals surface area contributed by atoms with Crippen molar-refractivity contribution >= 4 is 5.97 Å². The molecule has 4 nitrogen and oxygen atoms in total. The lowest BCUT2D eigenvalue weighted by Gasteiger charge is -2.22. The molecule has 106 valence electrons. The molecule has 0 aliphatic carbocycles. The average molecular weight is 277 g/mol. The van der Waals surface area contributed by atoms with Crippen molar-refractivity contribution in [2.24, 2.45) is 0 Å². The number of rotatable bonds is 4. The van der Waals surface area contributed by atoms with Crippen LogP contribution >= 0.6 is 0 Å². The predicted molar refractivity (Wildman–Crippen MR) is 61.6 cm³/mol. The van der Waals surface area contributed by atoms with Gasteiger partial charge in [-0.15, -0.1) is 13.2 Å². The first-order valence-corrected chi connectivity index (χ1v) is 5.34. The van der Waals surface area contributed by atoms with Crippen molar-refractivity contribution in [3.8, 4) is 5.75 Å². The minimum atomic E-state index is -4.73. The highest BCUT2D eigenvalue weighted by molar-refractivity contribution is 5.77. The van der Waals surface area contributed by atoms with Gasteiger partial charge in [0.05, 0.1) is 7.11 Å². The van der Waals surface area contributed by atoms with Gasteiger partial charge in [0.1, 0.15) is 11.8 Å². The first-order valence-electron chi connectivity index (χ1n) is 5.34. The fourth-order valence-corrected chi connectivity index (χ4v) is 1.61. The highest BCUT2D eigenvalue weighted by Crippen LogP contribution is 2.26. The molecule has 0 aromatic heterocycles. The largest absolute Gasteiger partial charge is 0.573 e. The minimum absolute atomic E-state index is 0.335. The second-order valence-corrected chi connectivity index (χ2v) is 4.01. The molecule has 0 spiro atoms. The van der Waals surface area contributed by atoms with Crippen molar-refractivity contribution in [3.63, 3.8) is 0 Å². The summed E-state index contributed by atoms with van der Waals surface area (Å²) in [4.78, 5) is 13.2. The summed E-state index contributed by atoms with van der Waals surface area (Å²) in [5.41, 5.74) is 0.520. The van der Waals surface area contributed by atoms with Gasteiger partial charge in [0.15, 0.2) is 0 Å². The number of alkyl halides is 3. The third kappa shape index (κ3) is 4.44. The van der Waals surface area contributed by atoms with Gasteiger partial charge < -0.3 is 9.47 Å². The van der Waals surface area contributed by atoms with Gasteiger partial charge in [-0.2, -0.15) is 0 Å². The van der Waals surface area contributed by atoms with Crippen molar-refractivity contribution in [1.82, 2.24) is 4.90 Å². The summed E-state index contributed by atoms with van der Waals surface area (Å²) < 4.78 is 44.4. The van der Waals surface area contributed by atoms with E-state index in [4.69, 9.17) is 0 Å². The van der Waals surface area contributed by atoms with Gasteiger partial charge in [0.2, 0.25) is 0 Å². The highest BCUT2D eigenvalue weighted by atomic mass is 19.4. The van der Waals surface area contributed by atoms with E-state index in [2.05, 4.69) is 9.47 Å². The van der Waals surface area contributed by atoms with Gasteiger partial charge in [-0.1, -0.05) is 12.1 Å². The summed E-state index contributed by atoms with van der Waals surface area (Å²) >= 11 is 0. The Morgan fingerprint density at radius 1 is 1.21 bits per heavy atom. The molecule has 0 amide bonds. The summed E-state index contributed by atoms with van der Waals surface area (Å²) in [6, 6.07) is 4.42. The molecule has 0 radical (unpaired) electrons. The number of hydrogen-bond donors (Lipinski definition) is 0. The standard InChI is InChI=1S/C12H14F3NO3/c1-16(2)10(11(17)18-3)8-4-6-9(7-5-8)19-12(13,14)15/h4-7,10H,1-3H3. The molecular formula is C12H14F3NO3. The predicted octanol–water partition coefficient (Wildman–Crippen LogP) is 2.36. The van der Waals surface area contributed by atoms with Crippen LogP contribution in [0.1, 0.15) is 11.6 Å². The van der Waals surface area contributed by atoms with Gasteiger partial charge in [-0.3, -0.25) is 4.90 Å². The number of carbonyl (C=O) groups excluding carboxylic acids is 1. The highest BCUT2D eigenvalue weighted by Gasteiger charge is 2.31. The topological polar surface area (TPSA) is 38.8 Å². The zero-order valence-electron chi connectivity index (χ0n) is 10.7. The Kier molecular flexibility index (Phi) is 4.77. The summed E-state index contributed by atoms with van der Waals surface area (Å²) in [6.07, 6.45) is -4.73. The summed E-state index contributed by atoms with van der Waals surface area (Å²) in [5, 5.41) is 0. The number of benzene rings is 1. The molecule has 0 heterocycles. The molecule has 1 aromatic rings. The SMILES string of the molecule is COC(=O)C(c1ccc(OC(F)(F)F)cc1)N(C)C. The van der Waals surface area contributed by atoms with E-state index in [0.717, 1.165) is 12.1 Å². The summed E-state index contributed by atoms with van der Waals surface area (Å²) in [7, 11) is 4.59. The van der Waals surface area contributed by atoms with E-state index in [1.807, 2.05) is 0 Å². The van der Waals surface area contributed by atoms with Crippen LogP contribution < -0.4 is 4.74 Å². The molecule has 19 heavy (non-hydrogen) atoms. The van der Waals surface area contributed by atoms with Crippen LogP contribution in [0.2, 0.25) is 0 Å². The third-order valence-corrected chi connectivity index (χ3v) is 2.37. The van der Waals surface area contributed by atoms with E-state index in [0.29, 0.717) is 5.56 Å². The molecule has 0 saturated carbocycles. The van der Waals surface area contributed by atoms with Crippen LogP contribution in [0.3, 0.4) is 0 Å². The monoisotopic (exact) mass is 277 g/mol. The van der Waals surface area contributed by atoms with Crippen molar-refractivity contribution < 1.29 is 27.4 Å². The van der Waals surface area contributed by atoms with Crippen molar-refractivity contribution in [1.29, 1.82) is 0 Å². The Balaban J connectivity index is 2.93. The molecule has 1 atom stereocenters. The van der Waals surface area contributed by atoms with Crippen LogP contribution in [0.15, 0.2) is 24.3 Å². The lowest BCUT2D eigenvalue weighted by molar-refractivity contribution is -0.274. The molecule has 1 aromatic carbocycles. The van der Waals surface area contributed by atoms with Crippen LogP contribution in [0.25, 0.3) is 0 Å². The molecule has 0 N–H and O–H groups in total. The Hall–Kier alpha value is -1.76. The first-order chi connectivity index (χ1) is 8.74. The van der Waals surface area contributed by atoms with Gasteiger partial charge in [0.25, 0.3) is 0 Å². The Bertz CT molecular complexity index is 429. The normalized spacial score (nSPS) is 13.2. The molecule has 0 saturated heterocycles. The number of halogens is 3. The maximum atomic E-state index is 12.0. The fourth-order valence-electron chi connectivity index (χ4n) is 1.61. The lowest BCUT2D eigenvalue weighted by atomic mass is 10.1. The molecule has 0 fully saturated rings. The molecule has 1 unspecified atom stereocenters. The van der Waals surface area contributed by atoms with Crippen LogP contribution in [-0.2, 0) is 9.53 Å². The Morgan fingerprint density at radius 2 is 1.74 bits per heavy atom. The Labute approximate surface area is 108 Å². The molecular weight excluding hydrogens is 263 g/mol. The van der Waals surface area contributed by atoms with Gasteiger partial charge in [-0.05, 0) is 31.8 Å². The second kappa shape index (κ2) is 5.92. The summed E-state index contributed by atoms with van der Waals surface area (Å²) in [6.45, 7) is 0. The van der Waals surface area contributed by atoms with Gasteiger partial charge in [-0.25, -0.2) is 4.79 Å². The quantitative estimate of drug-likeness (QED) is 0.792. The number of methoxy groups -OCH3 is 1. The molecule has 0 bridgehead atoms. The minimum Gasteiger partial charge on any atom is -0.468 e. The zero-order chi connectivity index (χ0) is 14.6. The third-order valence-electron chi connectivity index (χ3n) is 2.37. The van der Waals surface area contributed by atoms with E-state index in [1.54, 1.807) is 19.0 Å². The smallest absolute Gasteiger partial charge is 0.468 e. The van der Waals surface area contributed by atoms with Crippen LogP contribution in [-0.4, -0.2) is 38.4 Å². The second-order valence-electron chi connectivity index (χ2n) is 4.01. The van der Waals surface area contributed by atoms with E-state index >= 15 is 0 Å². The first kappa shape index (κ1) is 15.3. The van der Waals surface area contributed by atoms with Crippen LogP contribution in [0.4, 0.5) is 13.2 Å². The number of esters is 1. The molecule has 0 aliphatic heterocycles. The van der Waals surface area contributed by atoms with E-state index in [9.17, 15) is 18.0 Å². The maximum Gasteiger partial charge on any atom is 0.573 e. The lowest BCUT2D eigenvalue weighted by Crippen LogP contribution is -2.28. The van der Waals surface area contributed by atoms with Gasteiger partial charge in [0, 0.05) is 0 Å². The van der Waals surface area contributed by atoms with Crippen molar-refractivity contribution in [2.75, 3.05) is 21.2 Å². The van der Waals surface area contributed by atoms with Crippen molar-refractivity contribution in [3.05, 3.63) is 29.8 Å². The van der Waals surface area contributed by atoms with E-state index < -0.39 is 18.4 Å². The molecule has 1 rings (SSSR count). The van der Waals surface area contributed by atoms with E-state index in [-0.39, 0.29) is 5.75 Å². The number of ether oxygens (including phenoxy) is 2. The Morgan fingerprint density at radius 3 is 2.11 bits per heavy atom. The zero-order valence-corrected chi connectivity index (χ0v) is 10.7. The molecule has 7 heteroatoms. The maximum absolute atomic E-state index is 12.0.